The van der Waals surface area contributed by atoms with Crippen molar-refractivity contribution in [2.45, 2.75) is 11.0 Å². The molecule has 5 aliphatic rings. The normalized spacial score (nSPS) is 50.4. The molecule has 2 unspecified atom stereocenters. The summed E-state index contributed by atoms with van der Waals surface area (Å²) in [6.07, 6.45) is 0. The molecule has 0 saturated carbocycles. The SMILES string of the molecule is c1ccc(C23CN4CCN(CC(C4)[C@@]24CO4)C3)cc1. The van der Waals surface area contributed by atoms with Crippen LogP contribution in [0.5, 0.6) is 0 Å². The van der Waals surface area contributed by atoms with E-state index in [4.69, 9.17) is 4.74 Å². The van der Waals surface area contributed by atoms with Gasteiger partial charge in [0.1, 0.15) is 5.60 Å². The van der Waals surface area contributed by atoms with Gasteiger partial charge in [-0.25, -0.2) is 0 Å². The van der Waals surface area contributed by atoms with Crippen LogP contribution in [0.1, 0.15) is 5.56 Å². The lowest BCUT2D eigenvalue weighted by molar-refractivity contribution is -0.0309. The molecule has 1 spiro atoms. The number of benzene rings is 1. The van der Waals surface area contributed by atoms with Gasteiger partial charge >= 0.3 is 0 Å². The molecule has 6 rings (SSSR count). The molecule has 0 aromatic heterocycles. The van der Waals surface area contributed by atoms with Crippen LogP contribution in [-0.2, 0) is 10.2 Å². The van der Waals surface area contributed by atoms with Gasteiger partial charge in [-0.2, -0.15) is 0 Å². The molecule has 0 amide bonds. The summed E-state index contributed by atoms with van der Waals surface area (Å²) in [5.74, 6) is 0.706. The number of ether oxygens (including phenoxy) is 1. The van der Waals surface area contributed by atoms with E-state index in [0.29, 0.717) is 5.92 Å². The van der Waals surface area contributed by atoms with Gasteiger partial charge in [-0.05, 0) is 5.56 Å². The molecule has 4 bridgehead atoms. The van der Waals surface area contributed by atoms with Crippen LogP contribution in [0.4, 0.5) is 0 Å². The fourth-order valence-electron chi connectivity index (χ4n) is 4.97. The molecule has 0 aliphatic carbocycles. The molecule has 5 fully saturated rings. The van der Waals surface area contributed by atoms with Crippen molar-refractivity contribution in [1.82, 2.24) is 9.80 Å². The number of rotatable bonds is 1. The second-order valence-corrected chi connectivity index (χ2v) is 6.79. The molecule has 19 heavy (non-hydrogen) atoms. The third kappa shape index (κ3) is 1.24. The van der Waals surface area contributed by atoms with Crippen molar-refractivity contribution in [1.29, 1.82) is 0 Å². The molecule has 0 N–H and O–H groups in total. The van der Waals surface area contributed by atoms with Gasteiger partial charge in [-0.3, -0.25) is 0 Å². The first-order valence-corrected chi connectivity index (χ1v) is 7.47. The summed E-state index contributed by atoms with van der Waals surface area (Å²) in [6, 6.07) is 11.1. The highest BCUT2D eigenvalue weighted by Crippen LogP contribution is 2.58. The Morgan fingerprint density at radius 1 is 1.00 bits per heavy atom. The number of nitrogens with zero attached hydrogens (tertiary/aromatic N) is 2. The fourth-order valence-corrected chi connectivity index (χ4v) is 4.97. The molecule has 0 radical (unpaired) electrons. The number of hydrogen-bond acceptors (Lipinski definition) is 3. The van der Waals surface area contributed by atoms with Crippen molar-refractivity contribution in [2.75, 3.05) is 45.9 Å². The van der Waals surface area contributed by atoms with Crippen LogP contribution < -0.4 is 0 Å². The summed E-state index contributed by atoms with van der Waals surface area (Å²) in [6.45, 7) is 8.31. The van der Waals surface area contributed by atoms with Gasteiger partial charge in [0, 0.05) is 45.2 Å². The molecule has 100 valence electrons. The van der Waals surface area contributed by atoms with E-state index in [0.717, 1.165) is 6.61 Å². The Hall–Kier alpha value is -0.900. The second kappa shape index (κ2) is 3.40. The van der Waals surface area contributed by atoms with Crippen LogP contribution in [0.2, 0.25) is 0 Å². The Morgan fingerprint density at radius 2 is 1.63 bits per heavy atom. The standard InChI is InChI=1S/C16H20N2O/c1-2-4-13(5-3-1)15-10-17-6-7-18(11-15)9-14(8-17)16(15)12-19-16/h1-5,14H,6-12H2/t14?,15?,16-/m0/s1. The van der Waals surface area contributed by atoms with Crippen LogP contribution in [0.15, 0.2) is 30.3 Å². The maximum absolute atomic E-state index is 6.13. The summed E-state index contributed by atoms with van der Waals surface area (Å²) < 4.78 is 6.13. The van der Waals surface area contributed by atoms with Crippen molar-refractivity contribution < 1.29 is 4.74 Å². The third-order valence-electron chi connectivity index (χ3n) is 5.93. The predicted molar refractivity (Wildman–Crippen MR) is 73.2 cm³/mol. The molecule has 5 aliphatic heterocycles. The fraction of sp³-hybridized carbons (Fsp3) is 0.625. The van der Waals surface area contributed by atoms with Gasteiger partial charge in [0.05, 0.1) is 12.0 Å². The third-order valence-corrected chi connectivity index (χ3v) is 5.93. The summed E-state index contributed by atoms with van der Waals surface area (Å²) in [4.78, 5) is 5.36. The van der Waals surface area contributed by atoms with Crippen LogP contribution in [0.3, 0.4) is 0 Å². The van der Waals surface area contributed by atoms with Crippen molar-refractivity contribution in [3.8, 4) is 0 Å². The molecule has 1 aromatic rings. The molecule has 5 saturated heterocycles. The summed E-state index contributed by atoms with van der Waals surface area (Å²) >= 11 is 0. The van der Waals surface area contributed by atoms with Crippen LogP contribution in [0.25, 0.3) is 0 Å². The molecule has 3 heteroatoms. The zero-order chi connectivity index (χ0) is 12.5. The Bertz CT molecular complexity index is 495. The van der Waals surface area contributed by atoms with Crippen molar-refractivity contribution >= 4 is 0 Å². The smallest absolute Gasteiger partial charge is 0.109 e. The number of hydrogen-bond donors (Lipinski definition) is 0. The highest BCUT2D eigenvalue weighted by molar-refractivity contribution is 5.38. The van der Waals surface area contributed by atoms with Gasteiger partial charge in [-0.15, -0.1) is 0 Å². The van der Waals surface area contributed by atoms with Crippen LogP contribution in [0, 0.1) is 5.92 Å². The predicted octanol–water partition coefficient (Wildman–Crippen LogP) is 0.954. The molecule has 3 nitrogen and oxygen atoms in total. The quantitative estimate of drug-likeness (QED) is 0.697. The second-order valence-electron chi connectivity index (χ2n) is 6.79. The van der Waals surface area contributed by atoms with Crippen molar-refractivity contribution in [2.24, 2.45) is 5.92 Å². The minimum Gasteiger partial charge on any atom is -0.368 e. The Kier molecular flexibility index (Phi) is 1.94. The van der Waals surface area contributed by atoms with Crippen LogP contribution in [-0.4, -0.2) is 61.3 Å². The summed E-state index contributed by atoms with van der Waals surface area (Å²) in [5.41, 5.74) is 1.87. The lowest BCUT2D eigenvalue weighted by Crippen LogP contribution is -2.68. The molecular weight excluding hydrogens is 236 g/mol. The van der Waals surface area contributed by atoms with E-state index in [1.807, 2.05) is 0 Å². The zero-order valence-electron chi connectivity index (χ0n) is 11.2. The van der Waals surface area contributed by atoms with Gasteiger partial charge in [0.2, 0.25) is 0 Å². The molecule has 3 atom stereocenters. The van der Waals surface area contributed by atoms with Crippen LogP contribution >= 0.6 is 0 Å². The Balaban J connectivity index is 1.71. The van der Waals surface area contributed by atoms with Crippen molar-refractivity contribution in [3.63, 3.8) is 0 Å². The van der Waals surface area contributed by atoms with E-state index in [2.05, 4.69) is 40.1 Å². The Morgan fingerprint density at radius 3 is 2.21 bits per heavy atom. The largest absolute Gasteiger partial charge is 0.368 e. The minimum atomic E-state index is 0.158. The highest BCUT2D eigenvalue weighted by atomic mass is 16.6. The number of fused-ring (bicyclic) bond motifs is 1. The average molecular weight is 256 g/mol. The zero-order valence-corrected chi connectivity index (χ0v) is 11.2. The lowest BCUT2D eigenvalue weighted by atomic mass is 9.60. The van der Waals surface area contributed by atoms with Crippen molar-refractivity contribution in [3.05, 3.63) is 35.9 Å². The van der Waals surface area contributed by atoms with E-state index in [9.17, 15) is 0 Å². The van der Waals surface area contributed by atoms with E-state index in [1.165, 1.54) is 44.8 Å². The summed E-state index contributed by atoms with van der Waals surface area (Å²) in [5, 5.41) is 0. The van der Waals surface area contributed by atoms with Gasteiger partial charge < -0.3 is 14.5 Å². The topological polar surface area (TPSA) is 19.0 Å². The minimum absolute atomic E-state index is 0.158. The first-order valence-electron chi connectivity index (χ1n) is 7.47. The maximum atomic E-state index is 6.13. The maximum Gasteiger partial charge on any atom is 0.109 e. The van der Waals surface area contributed by atoms with Gasteiger partial charge in [0.15, 0.2) is 0 Å². The number of piperidine rings is 2. The monoisotopic (exact) mass is 256 g/mol. The first kappa shape index (κ1) is 10.8. The van der Waals surface area contributed by atoms with E-state index in [-0.39, 0.29) is 11.0 Å². The molecule has 5 heterocycles. The van der Waals surface area contributed by atoms with E-state index in [1.54, 1.807) is 0 Å². The molecule has 1 aromatic carbocycles. The Labute approximate surface area is 114 Å². The number of epoxide rings is 1. The highest BCUT2D eigenvalue weighted by Gasteiger charge is 2.71. The summed E-state index contributed by atoms with van der Waals surface area (Å²) in [7, 11) is 0. The van der Waals surface area contributed by atoms with Gasteiger partial charge in [-0.1, -0.05) is 30.3 Å². The first-order chi connectivity index (χ1) is 9.32. The molecular formula is C16H20N2O. The average Bonchev–Trinajstić information content (AvgIpc) is 3.21. The van der Waals surface area contributed by atoms with E-state index < -0.39 is 0 Å². The van der Waals surface area contributed by atoms with Gasteiger partial charge in [0.25, 0.3) is 0 Å². The van der Waals surface area contributed by atoms with E-state index >= 15 is 0 Å². The lowest BCUT2D eigenvalue weighted by Gasteiger charge is -2.54.